The molecule has 74 valence electrons. The number of unbranched alkanes of at least 4 members (excludes halogenated alkanes) is 4. The first-order valence-corrected chi connectivity index (χ1v) is 4.21. The molecule has 0 saturated carbocycles. The van der Waals surface area contributed by atoms with Crippen molar-refractivity contribution >= 4 is 18.2 Å². The van der Waals surface area contributed by atoms with E-state index >= 15 is 0 Å². The van der Waals surface area contributed by atoms with Gasteiger partial charge in [-0.25, -0.2) is 0 Å². The monoisotopic (exact) mass is 194 g/mol. The van der Waals surface area contributed by atoms with Crippen LogP contribution in [0.5, 0.6) is 0 Å². The van der Waals surface area contributed by atoms with E-state index in [1.54, 1.807) is 0 Å². The van der Waals surface area contributed by atoms with Gasteiger partial charge in [0.2, 0.25) is 0 Å². The second-order valence-electron chi connectivity index (χ2n) is 2.77. The average molecular weight is 195 g/mol. The largest absolute Gasteiger partial charge is 0.396 e. The fraction of sp³-hybridized carbons (Fsp3) is 0.875. The van der Waals surface area contributed by atoms with Gasteiger partial charge in [0.15, 0.2) is 0 Å². The average Bonchev–Trinajstić information content (AvgIpc) is 1.96. The second kappa shape index (κ2) is 10.7. The number of halogens is 1. The molecule has 0 saturated heterocycles. The molecule has 4 heteroatoms. The summed E-state index contributed by atoms with van der Waals surface area (Å²) in [5.41, 5.74) is 5.18. The van der Waals surface area contributed by atoms with E-state index in [2.05, 4.69) is 0 Å². The third kappa shape index (κ3) is 12.4. The van der Waals surface area contributed by atoms with Gasteiger partial charge < -0.3 is 10.8 Å². The molecule has 0 aliphatic heterocycles. The Morgan fingerprint density at radius 1 is 1.08 bits per heavy atom. The van der Waals surface area contributed by atoms with Crippen molar-refractivity contribution in [2.45, 2.75) is 38.5 Å². The van der Waals surface area contributed by atoms with Crippen molar-refractivity contribution in [2.75, 3.05) is 6.61 Å². The summed E-state index contributed by atoms with van der Waals surface area (Å²) in [5, 5.41) is 15.4. The first-order chi connectivity index (χ1) is 5.27. The number of hydrogen-bond acceptors (Lipinski definition) is 2. The molecular formula is C8H19ClN2O. The van der Waals surface area contributed by atoms with E-state index in [0.29, 0.717) is 6.61 Å². The lowest BCUT2D eigenvalue weighted by Gasteiger charge is -1.98. The van der Waals surface area contributed by atoms with Gasteiger partial charge in [-0.1, -0.05) is 19.3 Å². The highest BCUT2D eigenvalue weighted by atomic mass is 35.5. The second-order valence-corrected chi connectivity index (χ2v) is 2.77. The number of aliphatic hydroxyl groups excluding tert-OH is 1. The Labute approximate surface area is 80.3 Å². The molecule has 12 heavy (non-hydrogen) atoms. The maximum Gasteiger partial charge on any atom is 0.0905 e. The van der Waals surface area contributed by atoms with Gasteiger partial charge >= 0.3 is 0 Å². The van der Waals surface area contributed by atoms with Crippen LogP contribution in [-0.4, -0.2) is 17.5 Å². The zero-order chi connectivity index (χ0) is 8.53. The summed E-state index contributed by atoms with van der Waals surface area (Å²) in [4.78, 5) is 0. The third-order valence-corrected chi connectivity index (χ3v) is 1.60. The summed E-state index contributed by atoms with van der Waals surface area (Å²) in [6.07, 6.45) is 6.00. The van der Waals surface area contributed by atoms with Crippen LogP contribution in [-0.2, 0) is 0 Å². The summed E-state index contributed by atoms with van der Waals surface area (Å²) in [5.74, 6) is 0.284. The van der Waals surface area contributed by atoms with Crippen LogP contribution in [0.3, 0.4) is 0 Å². The topological polar surface area (TPSA) is 70.1 Å². The molecule has 0 aromatic rings. The molecule has 4 N–H and O–H groups in total. The van der Waals surface area contributed by atoms with E-state index in [9.17, 15) is 0 Å². The van der Waals surface area contributed by atoms with Crippen LogP contribution in [0.4, 0.5) is 0 Å². The smallest absolute Gasteiger partial charge is 0.0905 e. The van der Waals surface area contributed by atoms with Gasteiger partial charge in [-0.3, -0.25) is 5.41 Å². The van der Waals surface area contributed by atoms with Crippen LogP contribution in [0.1, 0.15) is 38.5 Å². The lowest BCUT2D eigenvalue weighted by atomic mass is 10.1. The number of hydrogen-bond donors (Lipinski definition) is 3. The molecule has 0 radical (unpaired) electrons. The molecule has 3 nitrogen and oxygen atoms in total. The number of rotatable bonds is 7. The fourth-order valence-corrected chi connectivity index (χ4v) is 0.958. The lowest BCUT2D eigenvalue weighted by molar-refractivity contribution is 0.282. The van der Waals surface area contributed by atoms with Gasteiger partial charge in [-0.15, -0.1) is 12.4 Å². The van der Waals surface area contributed by atoms with Gasteiger partial charge in [0.1, 0.15) is 0 Å². The van der Waals surface area contributed by atoms with E-state index in [4.69, 9.17) is 16.2 Å². The molecule has 0 amide bonds. The van der Waals surface area contributed by atoms with Crippen molar-refractivity contribution in [3.8, 4) is 0 Å². The molecule has 0 aromatic carbocycles. The highest BCUT2D eigenvalue weighted by molar-refractivity contribution is 5.85. The van der Waals surface area contributed by atoms with Crippen molar-refractivity contribution in [1.29, 1.82) is 5.41 Å². The van der Waals surface area contributed by atoms with E-state index < -0.39 is 0 Å². The van der Waals surface area contributed by atoms with Gasteiger partial charge in [-0.2, -0.15) is 0 Å². The third-order valence-electron chi connectivity index (χ3n) is 1.60. The van der Waals surface area contributed by atoms with Crippen molar-refractivity contribution in [3.05, 3.63) is 0 Å². The van der Waals surface area contributed by atoms with E-state index in [1.807, 2.05) is 0 Å². The van der Waals surface area contributed by atoms with E-state index in [-0.39, 0.29) is 18.2 Å². The van der Waals surface area contributed by atoms with Crippen LogP contribution in [0.15, 0.2) is 0 Å². The maximum absolute atomic E-state index is 8.46. The Kier molecular flexibility index (Phi) is 12.7. The molecule has 0 fully saturated rings. The SMILES string of the molecule is Cl.N=C(N)CCCCCCCO. The first kappa shape index (κ1) is 14.3. The van der Waals surface area contributed by atoms with Gasteiger partial charge in [-0.05, 0) is 12.8 Å². The Morgan fingerprint density at radius 3 is 2.08 bits per heavy atom. The van der Waals surface area contributed by atoms with Crippen LogP contribution >= 0.6 is 12.4 Å². The minimum atomic E-state index is 0. The number of amidine groups is 1. The molecule has 0 unspecified atom stereocenters. The van der Waals surface area contributed by atoms with Crippen molar-refractivity contribution in [1.82, 2.24) is 0 Å². The lowest BCUT2D eigenvalue weighted by Crippen LogP contribution is -2.08. The number of aliphatic hydroxyl groups is 1. The molecule has 0 aliphatic rings. The zero-order valence-corrected chi connectivity index (χ0v) is 8.20. The summed E-state index contributed by atoms with van der Waals surface area (Å²) < 4.78 is 0. The predicted octanol–water partition coefficient (Wildman–Crippen LogP) is 1.68. The van der Waals surface area contributed by atoms with Crippen molar-refractivity contribution < 1.29 is 5.11 Å². The maximum atomic E-state index is 8.46. The number of nitrogens with one attached hydrogen (secondary N) is 1. The van der Waals surface area contributed by atoms with Crippen molar-refractivity contribution in [2.24, 2.45) is 5.73 Å². The van der Waals surface area contributed by atoms with E-state index in [0.717, 1.165) is 38.5 Å². The molecule has 0 atom stereocenters. The van der Waals surface area contributed by atoms with Gasteiger partial charge in [0.25, 0.3) is 0 Å². The van der Waals surface area contributed by atoms with Crippen LogP contribution in [0.2, 0.25) is 0 Å². The quantitative estimate of drug-likeness (QED) is 0.328. The number of nitrogens with two attached hydrogens (primary N) is 1. The summed E-state index contributed by atoms with van der Waals surface area (Å²) in [6, 6.07) is 0. The summed E-state index contributed by atoms with van der Waals surface area (Å²) in [6.45, 7) is 0.298. The van der Waals surface area contributed by atoms with Gasteiger partial charge in [0, 0.05) is 13.0 Å². The molecule has 0 bridgehead atoms. The Morgan fingerprint density at radius 2 is 1.58 bits per heavy atom. The Hall–Kier alpha value is -0.280. The molecule has 0 heterocycles. The standard InChI is InChI=1S/C8H18N2O.ClH/c9-8(10)6-4-2-1-3-5-7-11;/h11H,1-7H2,(H3,9,10);1H. The minimum Gasteiger partial charge on any atom is -0.396 e. The highest BCUT2D eigenvalue weighted by Crippen LogP contribution is 2.04. The molecular weight excluding hydrogens is 176 g/mol. The van der Waals surface area contributed by atoms with E-state index in [1.165, 1.54) is 0 Å². The van der Waals surface area contributed by atoms with Gasteiger partial charge in [0.05, 0.1) is 5.84 Å². The van der Waals surface area contributed by atoms with Crippen molar-refractivity contribution in [3.63, 3.8) is 0 Å². The first-order valence-electron chi connectivity index (χ1n) is 4.21. The highest BCUT2D eigenvalue weighted by Gasteiger charge is 1.91. The predicted molar refractivity (Wildman–Crippen MR) is 53.9 cm³/mol. The van der Waals surface area contributed by atoms with Crippen LogP contribution < -0.4 is 5.73 Å². The fourth-order valence-electron chi connectivity index (χ4n) is 0.958. The molecule has 0 aliphatic carbocycles. The molecule has 0 spiro atoms. The normalized spacial score (nSPS) is 9.08. The Bertz CT molecular complexity index is 109. The zero-order valence-electron chi connectivity index (χ0n) is 7.38. The Balaban J connectivity index is 0. The van der Waals surface area contributed by atoms with Crippen LogP contribution in [0, 0.1) is 5.41 Å². The van der Waals surface area contributed by atoms with Crippen LogP contribution in [0.25, 0.3) is 0 Å². The minimum absolute atomic E-state index is 0. The molecule has 0 aromatic heterocycles. The molecule has 0 rings (SSSR count). The summed E-state index contributed by atoms with van der Waals surface area (Å²) >= 11 is 0. The summed E-state index contributed by atoms with van der Waals surface area (Å²) in [7, 11) is 0.